The van der Waals surface area contributed by atoms with Crippen LogP contribution in [0.15, 0.2) is 12.4 Å². The molecule has 120 valence electrons. The van der Waals surface area contributed by atoms with Gasteiger partial charge in [0.05, 0.1) is 5.39 Å². The van der Waals surface area contributed by atoms with E-state index < -0.39 is 0 Å². The summed E-state index contributed by atoms with van der Waals surface area (Å²) >= 11 is 1.77. The predicted molar refractivity (Wildman–Crippen MR) is 93.8 cm³/mol. The normalized spacial score (nSPS) is 18.7. The van der Waals surface area contributed by atoms with E-state index in [2.05, 4.69) is 52.0 Å². The second-order valence-corrected chi connectivity index (χ2v) is 7.27. The molecule has 0 aliphatic carbocycles. The van der Waals surface area contributed by atoms with Crippen LogP contribution in [-0.4, -0.2) is 65.6 Å². The Hall–Kier alpha value is -1.24. The first kappa shape index (κ1) is 15.6. The van der Waals surface area contributed by atoms with Gasteiger partial charge < -0.3 is 10.2 Å². The molecule has 1 unspecified atom stereocenters. The van der Waals surface area contributed by atoms with Crippen molar-refractivity contribution in [3.63, 3.8) is 0 Å². The molecule has 1 atom stereocenters. The van der Waals surface area contributed by atoms with E-state index >= 15 is 0 Å². The fraction of sp³-hybridized carbons (Fsp3) is 0.625. The molecule has 6 heteroatoms. The molecule has 2 aromatic rings. The molecule has 0 radical (unpaired) electrons. The number of nitrogens with zero attached hydrogens (tertiary/aromatic N) is 4. The number of hydrogen-bond donors (Lipinski definition) is 1. The highest BCUT2D eigenvalue weighted by Crippen LogP contribution is 2.28. The second-order valence-electron chi connectivity index (χ2n) is 6.16. The zero-order chi connectivity index (χ0) is 15.5. The minimum absolute atomic E-state index is 0.381. The van der Waals surface area contributed by atoms with Crippen molar-refractivity contribution in [1.29, 1.82) is 0 Å². The summed E-state index contributed by atoms with van der Waals surface area (Å²) in [5.74, 6) is 0.975. The molecule has 0 bridgehead atoms. The van der Waals surface area contributed by atoms with Gasteiger partial charge in [0.2, 0.25) is 0 Å². The van der Waals surface area contributed by atoms with Crippen LogP contribution in [0.3, 0.4) is 0 Å². The Morgan fingerprint density at radius 1 is 1.27 bits per heavy atom. The molecule has 1 aliphatic heterocycles. The third kappa shape index (κ3) is 3.56. The molecule has 1 aliphatic rings. The lowest BCUT2D eigenvalue weighted by Crippen LogP contribution is -2.47. The standard InChI is InChI=1S/C16H25N5S/c1-4-13-9-14-15(17-11-18-16(14)22-13)19-12(2)10-21-7-5-20(3)6-8-21/h9,11-12H,4-8,10H2,1-3H3,(H,17,18,19). The van der Waals surface area contributed by atoms with Gasteiger partial charge in [0.25, 0.3) is 0 Å². The van der Waals surface area contributed by atoms with Crippen molar-refractivity contribution in [2.24, 2.45) is 0 Å². The first-order chi connectivity index (χ1) is 10.7. The lowest BCUT2D eigenvalue weighted by atomic mass is 10.2. The van der Waals surface area contributed by atoms with Crippen molar-refractivity contribution in [3.05, 3.63) is 17.3 Å². The van der Waals surface area contributed by atoms with E-state index in [-0.39, 0.29) is 0 Å². The summed E-state index contributed by atoms with van der Waals surface area (Å²) in [6.07, 6.45) is 2.72. The van der Waals surface area contributed by atoms with Crippen molar-refractivity contribution in [2.75, 3.05) is 45.1 Å². The molecule has 0 spiro atoms. The number of thiophene rings is 1. The molecule has 5 nitrogen and oxygen atoms in total. The third-order valence-electron chi connectivity index (χ3n) is 4.24. The molecular weight excluding hydrogens is 294 g/mol. The Morgan fingerprint density at radius 3 is 2.77 bits per heavy atom. The van der Waals surface area contributed by atoms with Gasteiger partial charge in [-0.3, -0.25) is 4.90 Å². The van der Waals surface area contributed by atoms with Gasteiger partial charge in [-0.2, -0.15) is 0 Å². The SMILES string of the molecule is CCc1cc2c(NC(C)CN3CCN(C)CC3)ncnc2s1. The summed E-state index contributed by atoms with van der Waals surface area (Å²) in [5, 5.41) is 4.74. The van der Waals surface area contributed by atoms with Crippen LogP contribution in [0.5, 0.6) is 0 Å². The first-order valence-electron chi connectivity index (χ1n) is 8.06. The van der Waals surface area contributed by atoms with E-state index in [9.17, 15) is 0 Å². The van der Waals surface area contributed by atoms with Gasteiger partial charge in [0.1, 0.15) is 17.0 Å². The van der Waals surface area contributed by atoms with Crippen LogP contribution in [0.1, 0.15) is 18.7 Å². The van der Waals surface area contributed by atoms with Gasteiger partial charge in [-0.25, -0.2) is 9.97 Å². The number of aryl methyl sites for hydroxylation is 1. The predicted octanol–water partition coefficient (Wildman–Crippen LogP) is 2.30. The maximum Gasteiger partial charge on any atom is 0.138 e. The van der Waals surface area contributed by atoms with Crippen molar-refractivity contribution < 1.29 is 0 Å². The summed E-state index contributed by atoms with van der Waals surface area (Å²) in [6.45, 7) is 10.1. The number of likely N-dealkylation sites (N-methyl/N-ethyl adjacent to an activating group) is 1. The van der Waals surface area contributed by atoms with Gasteiger partial charge in [-0.1, -0.05) is 6.92 Å². The van der Waals surface area contributed by atoms with Crippen LogP contribution < -0.4 is 5.32 Å². The Balaban J connectivity index is 1.66. The van der Waals surface area contributed by atoms with Crippen LogP contribution >= 0.6 is 11.3 Å². The Labute approximate surface area is 136 Å². The van der Waals surface area contributed by atoms with Crippen LogP contribution in [0, 0.1) is 0 Å². The number of piperazine rings is 1. The van der Waals surface area contributed by atoms with E-state index in [1.807, 2.05) is 0 Å². The highest BCUT2D eigenvalue weighted by molar-refractivity contribution is 7.18. The van der Waals surface area contributed by atoms with E-state index in [0.717, 1.165) is 55.2 Å². The minimum atomic E-state index is 0.381. The van der Waals surface area contributed by atoms with Crippen molar-refractivity contribution in [2.45, 2.75) is 26.3 Å². The zero-order valence-electron chi connectivity index (χ0n) is 13.7. The maximum atomic E-state index is 4.46. The highest BCUT2D eigenvalue weighted by atomic mass is 32.1. The topological polar surface area (TPSA) is 44.3 Å². The van der Waals surface area contributed by atoms with E-state index in [0.29, 0.717) is 6.04 Å². The van der Waals surface area contributed by atoms with Crippen LogP contribution in [0.25, 0.3) is 10.2 Å². The third-order valence-corrected chi connectivity index (χ3v) is 5.43. The molecule has 0 amide bonds. The minimum Gasteiger partial charge on any atom is -0.366 e. The van der Waals surface area contributed by atoms with Crippen molar-refractivity contribution >= 4 is 27.4 Å². The van der Waals surface area contributed by atoms with Crippen LogP contribution in [-0.2, 0) is 6.42 Å². The highest BCUT2D eigenvalue weighted by Gasteiger charge is 2.17. The van der Waals surface area contributed by atoms with Crippen LogP contribution in [0.4, 0.5) is 5.82 Å². The summed E-state index contributed by atoms with van der Waals surface area (Å²) in [7, 11) is 2.19. The monoisotopic (exact) mass is 319 g/mol. The molecule has 2 aromatic heterocycles. The van der Waals surface area contributed by atoms with E-state index in [4.69, 9.17) is 0 Å². The Bertz CT molecular complexity index is 618. The van der Waals surface area contributed by atoms with Crippen LogP contribution in [0.2, 0.25) is 0 Å². The fourth-order valence-corrected chi connectivity index (χ4v) is 3.83. The number of nitrogens with one attached hydrogen (secondary N) is 1. The van der Waals surface area contributed by atoms with Crippen molar-refractivity contribution in [1.82, 2.24) is 19.8 Å². The van der Waals surface area contributed by atoms with Gasteiger partial charge >= 0.3 is 0 Å². The zero-order valence-corrected chi connectivity index (χ0v) is 14.5. The lowest BCUT2D eigenvalue weighted by molar-refractivity contribution is 0.151. The number of hydrogen-bond acceptors (Lipinski definition) is 6. The maximum absolute atomic E-state index is 4.46. The van der Waals surface area contributed by atoms with Crippen molar-refractivity contribution in [3.8, 4) is 0 Å². The Morgan fingerprint density at radius 2 is 2.05 bits per heavy atom. The number of anilines is 1. The number of rotatable bonds is 5. The molecule has 1 saturated heterocycles. The summed E-state index contributed by atoms with van der Waals surface area (Å²) in [6, 6.07) is 2.61. The van der Waals surface area contributed by atoms with E-state index in [1.165, 1.54) is 4.88 Å². The molecular formula is C16H25N5S. The molecule has 3 heterocycles. The number of aromatic nitrogens is 2. The molecule has 1 fully saturated rings. The van der Waals surface area contributed by atoms with E-state index in [1.54, 1.807) is 17.7 Å². The fourth-order valence-electron chi connectivity index (χ4n) is 2.89. The molecule has 0 saturated carbocycles. The van der Waals surface area contributed by atoms with Gasteiger partial charge in [0, 0.05) is 43.6 Å². The summed E-state index contributed by atoms with van der Waals surface area (Å²) < 4.78 is 0. The lowest BCUT2D eigenvalue weighted by Gasteiger charge is -2.34. The summed E-state index contributed by atoms with van der Waals surface area (Å²) in [4.78, 5) is 16.2. The van der Waals surface area contributed by atoms with Gasteiger partial charge in [-0.15, -0.1) is 11.3 Å². The average molecular weight is 319 g/mol. The first-order valence-corrected chi connectivity index (χ1v) is 8.88. The quantitative estimate of drug-likeness (QED) is 0.916. The summed E-state index contributed by atoms with van der Waals surface area (Å²) in [5.41, 5.74) is 0. The molecule has 0 aromatic carbocycles. The average Bonchev–Trinajstić information content (AvgIpc) is 2.94. The molecule has 3 rings (SSSR count). The largest absolute Gasteiger partial charge is 0.366 e. The Kier molecular flexibility index (Phi) is 4.90. The van der Waals surface area contributed by atoms with Gasteiger partial charge in [0.15, 0.2) is 0 Å². The van der Waals surface area contributed by atoms with Gasteiger partial charge in [-0.05, 0) is 26.5 Å². The molecule has 1 N–H and O–H groups in total. The number of fused-ring (bicyclic) bond motifs is 1. The molecule has 22 heavy (non-hydrogen) atoms. The smallest absolute Gasteiger partial charge is 0.138 e. The second kappa shape index (κ2) is 6.89.